The minimum atomic E-state index is -0.356. The molecule has 1 amide bonds. The first-order valence-corrected chi connectivity index (χ1v) is 5.34. The summed E-state index contributed by atoms with van der Waals surface area (Å²) in [7, 11) is 0. The van der Waals surface area contributed by atoms with Crippen molar-refractivity contribution in [2.24, 2.45) is 5.92 Å². The van der Waals surface area contributed by atoms with E-state index in [2.05, 4.69) is 5.32 Å². The van der Waals surface area contributed by atoms with Crippen LogP contribution in [0.5, 0.6) is 0 Å². The van der Waals surface area contributed by atoms with E-state index in [0.29, 0.717) is 25.5 Å². The molecule has 4 nitrogen and oxygen atoms in total. The molecule has 2 N–H and O–H groups in total. The second-order valence-corrected chi connectivity index (χ2v) is 3.75. The molecule has 0 aromatic rings. The molecular formula is C10H19NO3. The van der Waals surface area contributed by atoms with Crippen molar-refractivity contribution in [2.45, 2.75) is 32.1 Å². The van der Waals surface area contributed by atoms with Crippen molar-refractivity contribution in [3.8, 4) is 0 Å². The molecule has 0 spiro atoms. The zero-order valence-corrected chi connectivity index (χ0v) is 8.50. The van der Waals surface area contributed by atoms with Gasteiger partial charge in [-0.05, 0) is 25.2 Å². The van der Waals surface area contributed by atoms with Gasteiger partial charge in [0.2, 0.25) is 0 Å². The largest absolute Gasteiger partial charge is 0.449 e. The number of amides is 1. The van der Waals surface area contributed by atoms with Crippen LogP contribution in [0.1, 0.15) is 32.1 Å². The molecule has 4 heteroatoms. The normalized spacial score (nSPS) is 16.9. The van der Waals surface area contributed by atoms with Crippen molar-refractivity contribution < 1.29 is 14.6 Å². The molecule has 1 aliphatic rings. The smallest absolute Gasteiger partial charge is 0.407 e. The van der Waals surface area contributed by atoms with Gasteiger partial charge < -0.3 is 15.2 Å². The van der Waals surface area contributed by atoms with Crippen LogP contribution in [-0.2, 0) is 4.74 Å². The second kappa shape index (κ2) is 6.65. The summed E-state index contributed by atoms with van der Waals surface area (Å²) in [5.74, 6) is 0.568. The molecule has 0 heterocycles. The van der Waals surface area contributed by atoms with Crippen LogP contribution in [0.4, 0.5) is 4.79 Å². The summed E-state index contributed by atoms with van der Waals surface area (Å²) in [6, 6.07) is 0. The second-order valence-electron chi connectivity index (χ2n) is 3.75. The maximum atomic E-state index is 11.1. The van der Waals surface area contributed by atoms with Gasteiger partial charge in [0.15, 0.2) is 0 Å². The summed E-state index contributed by atoms with van der Waals surface area (Å²) in [5.41, 5.74) is 0. The van der Waals surface area contributed by atoms with Crippen molar-refractivity contribution in [3.05, 3.63) is 0 Å². The number of nitrogens with one attached hydrogen (secondary N) is 1. The number of carbonyl (C=O) groups excluding carboxylic acids is 1. The number of hydrogen-bond acceptors (Lipinski definition) is 3. The van der Waals surface area contributed by atoms with Crippen LogP contribution >= 0.6 is 0 Å². The molecule has 0 radical (unpaired) electrons. The van der Waals surface area contributed by atoms with Crippen molar-refractivity contribution in [3.63, 3.8) is 0 Å². The summed E-state index contributed by atoms with van der Waals surface area (Å²) in [5, 5.41) is 11.1. The summed E-state index contributed by atoms with van der Waals surface area (Å²) in [4.78, 5) is 11.1. The molecule has 1 rings (SSSR count). The molecule has 0 atom stereocenters. The van der Waals surface area contributed by atoms with Crippen molar-refractivity contribution >= 4 is 6.09 Å². The average molecular weight is 201 g/mol. The van der Waals surface area contributed by atoms with E-state index >= 15 is 0 Å². The molecule has 0 bridgehead atoms. The number of ether oxygens (including phenoxy) is 1. The standard InChI is InChI=1S/C10H19NO3/c12-7-3-6-11-10(13)14-8-9-4-1-2-5-9/h9,12H,1-8H2,(H,11,13). The van der Waals surface area contributed by atoms with Crippen molar-refractivity contribution in [1.29, 1.82) is 0 Å². The number of rotatable bonds is 5. The first-order chi connectivity index (χ1) is 6.83. The Labute approximate surface area is 84.6 Å². The quantitative estimate of drug-likeness (QED) is 0.659. The molecule has 1 aliphatic carbocycles. The third-order valence-electron chi connectivity index (χ3n) is 2.53. The third kappa shape index (κ3) is 4.46. The minimum Gasteiger partial charge on any atom is -0.449 e. The van der Waals surface area contributed by atoms with E-state index in [4.69, 9.17) is 9.84 Å². The Kier molecular flexibility index (Phi) is 5.37. The predicted octanol–water partition coefficient (Wildman–Crippen LogP) is 1.29. The zero-order chi connectivity index (χ0) is 10.2. The third-order valence-corrected chi connectivity index (χ3v) is 2.53. The minimum absolute atomic E-state index is 0.100. The van der Waals surface area contributed by atoms with Gasteiger partial charge in [-0.25, -0.2) is 4.79 Å². The summed E-state index contributed by atoms with van der Waals surface area (Å²) in [6.07, 6.45) is 5.12. The highest BCUT2D eigenvalue weighted by Crippen LogP contribution is 2.24. The lowest BCUT2D eigenvalue weighted by Crippen LogP contribution is -2.27. The lowest BCUT2D eigenvalue weighted by Gasteiger charge is -2.10. The molecular weight excluding hydrogens is 182 g/mol. The molecule has 14 heavy (non-hydrogen) atoms. The lowest BCUT2D eigenvalue weighted by atomic mass is 10.1. The van der Waals surface area contributed by atoms with Gasteiger partial charge in [-0.15, -0.1) is 0 Å². The number of aliphatic hydroxyl groups excluding tert-OH is 1. The number of carbonyl (C=O) groups is 1. The topological polar surface area (TPSA) is 58.6 Å². The van der Waals surface area contributed by atoms with E-state index in [1.54, 1.807) is 0 Å². The van der Waals surface area contributed by atoms with E-state index in [1.165, 1.54) is 25.7 Å². The lowest BCUT2D eigenvalue weighted by molar-refractivity contribution is 0.127. The van der Waals surface area contributed by atoms with E-state index in [0.717, 1.165) is 0 Å². The average Bonchev–Trinajstić information content (AvgIpc) is 2.68. The Morgan fingerprint density at radius 2 is 2.14 bits per heavy atom. The first kappa shape index (κ1) is 11.3. The SMILES string of the molecule is O=C(NCCCO)OCC1CCCC1. The fraction of sp³-hybridized carbons (Fsp3) is 0.900. The van der Waals surface area contributed by atoms with E-state index in [9.17, 15) is 4.79 Å². The van der Waals surface area contributed by atoms with E-state index in [1.807, 2.05) is 0 Å². The van der Waals surface area contributed by atoms with Crippen LogP contribution in [-0.4, -0.2) is 31.0 Å². The van der Waals surface area contributed by atoms with E-state index < -0.39 is 0 Å². The first-order valence-electron chi connectivity index (χ1n) is 5.34. The van der Waals surface area contributed by atoms with Crippen LogP contribution in [0.2, 0.25) is 0 Å². The Morgan fingerprint density at radius 3 is 2.79 bits per heavy atom. The Balaban J connectivity index is 1.96. The zero-order valence-electron chi connectivity index (χ0n) is 8.50. The Hall–Kier alpha value is -0.770. The van der Waals surface area contributed by atoms with Crippen LogP contribution < -0.4 is 5.32 Å². The highest BCUT2D eigenvalue weighted by atomic mass is 16.5. The van der Waals surface area contributed by atoms with Gasteiger partial charge in [-0.1, -0.05) is 12.8 Å². The van der Waals surface area contributed by atoms with Gasteiger partial charge in [0.25, 0.3) is 0 Å². The predicted molar refractivity (Wildman–Crippen MR) is 53.0 cm³/mol. The molecule has 0 saturated heterocycles. The molecule has 82 valence electrons. The number of aliphatic hydroxyl groups is 1. The molecule has 1 saturated carbocycles. The van der Waals surface area contributed by atoms with Gasteiger partial charge in [-0.3, -0.25) is 0 Å². The highest BCUT2D eigenvalue weighted by Gasteiger charge is 2.16. The van der Waals surface area contributed by atoms with E-state index in [-0.39, 0.29) is 12.7 Å². The van der Waals surface area contributed by atoms with Gasteiger partial charge in [-0.2, -0.15) is 0 Å². The molecule has 0 aromatic heterocycles. The number of hydrogen-bond donors (Lipinski definition) is 2. The van der Waals surface area contributed by atoms with Crippen LogP contribution in [0.25, 0.3) is 0 Å². The van der Waals surface area contributed by atoms with Crippen molar-refractivity contribution in [2.75, 3.05) is 19.8 Å². The molecule has 0 aromatic carbocycles. The fourth-order valence-corrected chi connectivity index (χ4v) is 1.69. The van der Waals surface area contributed by atoms with Crippen LogP contribution in [0.15, 0.2) is 0 Å². The van der Waals surface area contributed by atoms with Crippen LogP contribution in [0.3, 0.4) is 0 Å². The van der Waals surface area contributed by atoms with Crippen LogP contribution in [0, 0.1) is 5.92 Å². The maximum Gasteiger partial charge on any atom is 0.407 e. The fourth-order valence-electron chi connectivity index (χ4n) is 1.69. The Bertz CT molecular complexity index is 167. The molecule has 1 fully saturated rings. The Morgan fingerprint density at radius 1 is 1.43 bits per heavy atom. The highest BCUT2D eigenvalue weighted by molar-refractivity contribution is 5.66. The van der Waals surface area contributed by atoms with Gasteiger partial charge in [0.05, 0.1) is 6.61 Å². The summed E-state index contributed by atoms with van der Waals surface area (Å²) in [6.45, 7) is 1.13. The molecule has 0 unspecified atom stereocenters. The van der Waals surface area contributed by atoms with Gasteiger partial charge in [0.1, 0.15) is 0 Å². The number of alkyl carbamates (subject to hydrolysis) is 1. The summed E-state index contributed by atoms with van der Waals surface area (Å²) < 4.78 is 5.04. The van der Waals surface area contributed by atoms with Gasteiger partial charge in [0, 0.05) is 13.2 Å². The summed E-state index contributed by atoms with van der Waals surface area (Å²) >= 11 is 0. The van der Waals surface area contributed by atoms with Crippen molar-refractivity contribution in [1.82, 2.24) is 5.32 Å². The monoisotopic (exact) mass is 201 g/mol. The maximum absolute atomic E-state index is 11.1. The van der Waals surface area contributed by atoms with Gasteiger partial charge >= 0.3 is 6.09 Å². The molecule has 0 aliphatic heterocycles.